The largest absolute Gasteiger partial charge is 0.488 e. The zero-order valence-corrected chi connectivity index (χ0v) is 18.9. The molecule has 7 aromatic carbocycles. The third-order valence-electron chi connectivity index (χ3n) is 7.24. The summed E-state index contributed by atoms with van der Waals surface area (Å²) >= 11 is 0. The maximum absolute atomic E-state index is 9.48. The molecule has 2 N–H and O–H groups in total. The Labute approximate surface area is 203 Å². The van der Waals surface area contributed by atoms with Crippen LogP contribution in [0, 0.1) is 0 Å². The molecule has 0 fully saturated rings. The van der Waals surface area contributed by atoms with Crippen molar-refractivity contribution in [1.82, 2.24) is 0 Å². The van der Waals surface area contributed by atoms with Gasteiger partial charge in [0.1, 0.15) is 0 Å². The van der Waals surface area contributed by atoms with E-state index in [1.807, 2.05) is 12.1 Å². The molecule has 0 unspecified atom stereocenters. The second-order valence-corrected chi connectivity index (χ2v) is 9.21. The van der Waals surface area contributed by atoms with E-state index in [-0.39, 0.29) is 0 Å². The zero-order chi connectivity index (χ0) is 23.5. The van der Waals surface area contributed by atoms with E-state index < -0.39 is 7.12 Å². The lowest BCUT2D eigenvalue weighted by Crippen LogP contribution is -2.29. The molecular formula is C32H21BO2. The van der Waals surface area contributed by atoms with E-state index >= 15 is 0 Å². The van der Waals surface area contributed by atoms with Crippen LogP contribution in [0.3, 0.4) is 0 Å². The van der Waals surface area contributed by atoms with Crippen molar-refractivity contribution >= 4 is 55.7 Å². The van der Waals surface area contributed by atoms with Gasteiger partial charge in [-0.25, -0.2) is 0 Å². The Morgan fingerprint density at radius 1 is 0.429 bits per heavy atom. The number of rotatable bonds is 3. The first-order valence-corrected chi connectivity index (χ1v) is 11.8. The topological polar surface area (TPSA) is 40.5 Å². The lowest BCUT2D eigenvalue weighted by Gasteiger charge is -2.17. The molecule has 3 heteroatoms. The van der Waals surface area contributed by atoms with E-state index in [0.29, 0.717) is 5.46 Å². The quantitative estimate of drug-likeness (QED) is 0.232. The molecule has 0 saturated heterocycles. The normalized spacial score (nSPS) is 11.7. The van der Waals surface area contributed by atoms with Crippen LogP contribution in [0.5, 0.6) is 0 Å². The molecule has 0 atom stereocenters. The van der Waals surface area contributed by atoms with Crippen LogP contribution >= 0.6 is 0 Å². The SMILES string of the molecule is OB(O)c1ccc(-c2ccc3ccc4c(-c5ccc6ccccc6c5)ccc5ccc2c3c54)cc1. The van der Waals surface area contributed by atoms with Crippen LogP contribution in [0.25, 0.3) is 65.3 Å². The molecule has 0 radical (unpaired) electrons. The van der Waals surface area contributed by atoms with Crippen LogP contribution in [0.2, 0.25) is 0 Å². The molecule has 0 aliphatic heterocycles. The summed E-state index contributed by atoms with van der Waals surface area (Å²) in [5, 5.41) is 28.9. The minimum absolute atomic E-state index is 0.492. The monoisotopic (exact) mass is 448 g/mol. The summed E-state index contributed by atoms with van der Waals surface area (Å²) < 4.78 is 0. The van der Waals surface area contributed by atoms with Gasteiger partial charge in [0.25, 0.3) is 0 Å². The molecule has 0 heterocycles. The number of hydrogen-bond donors (Lipinski definition) is 2. The third-order valence-corrected chi connectivity index (χ3v) is 7.24. The fourth-order valence-electron chi connectivity index (χ4n) is 5.50. The summed E-state index contributed by atoms with van der Waals surface area (Å²) in [5.74, 6) is 0. The van der Waals surface area contributed by atoms with Gasteiger partial charge < -0.3 is 10.0 Å². The van der Waals surface area contributed by atoms with Crippen molar-refractivity contribution in [2.24, 2.45) is 0 Å². The highest BCUT2D eigenvalue weighted by atomic mass is 16.4. The Balaban J connectivity index is 1.49. The molecule has 0 amide bonds. The fourth-order valence-corrected chi connectivity index (χ4v) is 5.50. The van der Waals surface area contributed by atoms with Gasteiger partial charge in [0, 0.05) is 0 Å². The van der Waals surface area contributed by atoms with Gasteiger partial charge in [-0.1, -0.05) is 109 Å². The van der Waals surface area contributed by atoms with Gasteiger partial charge in [0.2, 0.25) is 0 Å². The van der Waals surface area contributed by atoms with E-state index in [9.17, 15) is 10.0 Å². The molecule has 0 bridgehead atoms. The first-order valence-electron chi connectivity index (χ1n) is 11.8. The Hall–Kier alpha value is -4.18. The molecule has 2 nitrogen and oxygen atoms in total. The van der Waals surface area contributed by atoms with Crippen molar-refractivity contribution < 1.29 is 10.0 Å². The summed E-state index contributed by atoms with van der Waals surface area (Å²) in [7, 11) is -1.46. The second-order valence-electron chi connectivity index (χ2n) is 9.21. The minimum atomic E-state index is -1.46. The van der Waals surface area contributed by atoms with Crippen LogP contribution in [-0.2, 0) is 0 Å². The summed E-state index contributed by atoms with van der Waals surface area (Å²) in [6.45, 7) is 0. The second kappa shape index (κ2) is 7.67. The van der Waals surface area contributed by atoms with E-state index in [2.05, 4.69) is 91.0 Å². The molecule has 7 rings (SSSR count). The summed E-state index contributed by atoms with van der Waals surface area (Å²) in [5.41, 5.74) is 5.15. The van der Waals surface area contributed by atoms with Gasteiger partial charge in [-0.2, -0.15) is 0 Å². The predicted molar refractivity (Wildman–Crippen MR) is 148 cm³/mol. The first kappa shape index (κ1) is 20.2. The molecule has 7 aromatic rings. The molecule has 164 valence electrons. The van der Waals surface area contributed by atoms with E-state index in [0.717, 1.165) is 11.1 Å². The molecule has 0 saturated carbocycles. The molecule has 35 heavy (non-hydrogen) atoms. The molecule has 0 aliphatic carbocycles. The Kier molecular flexibility index (Phi) is 4.43. The van der Waals surface area contributed by atoms with Gasteiger partial charge in [0.15, 0.2) is 0 Å². The van der Waals surface area contributed by atoms with Crippen molar-refractivity contribution in [2.45, 2.75) is 0 Å². The average molecular weight is 448 g/mol. The van der Waals surface area contributed by atoms with Crippen molar-refractivity contribution in [3.05, 3.63) is 115 Å². The van der Waals surface area contributed by atoms with Crippen LogP contribution in [-0.4, -0.2) is 17.2 Å². The standard InChI is InChI=1S/C32H21BO2/c34-33(35)26-13-7-21(8-14-26)27-15-9-22-12-18-30-28(16-10-23-11-17-29(27)31(22)32(23)30)25-6-5-20-3-1-2-4-24(20)19-25/h1-19,34-35H. The highest BCUT2D eigenvalue weighted by molar-refractivity contribution is 6.58. The molecule has 0 aliphatic rings. The minimum Gasteiger partial charge on any atom is -0.423 e. The maximum Gasteiger partial charge on any atom is 0.488 e. The van der Waals surface area contributed by atoms with Crippen molar-refractivity contribution in [2.75, 3.05) is 0 Å². The van der Waals surface area contributed by atoms with Crippen molar-refractivity contribution in [3.63, 3.8) is 0 Å². The lowest BCUT2D eigenvalue weighted by atomic mass is 9.79. The van der Waals surface area contributed by atoms with Crippen LogP contribution < -0.4 is 5.46 Å². The lowest BCUT2D eigenvalue weighted by molar-refractivity contribution is 0.426. The van der Waals surface area contributed by atoms with Crippen LogP contribution in [0.15, 0.2) is 115 Å². The summed E-state index contributed by atoms with van der Waals surface area (Å²) in [4.78, 5) is 0. The smallest absolute Gasteiger partial charge is 0.423 e. The van der Waals surface area contributed by atoms with E-state index in [1.54, 1.807) is 12.1 Å². The van der Waals surface area contributed by atoms with Gasteiger partial charge in [-0.05, 0) is 76.9 Å². The van der Waals surface area contributed by atoms with Gasteiger partial charge >= 0.3 is 7.12 Å². The molecule has 0 aromatic heterocycles. The fraction of sp³-hybridized carbons (Fsp3) is 0. The van der Waals surface area contributed by atoms with Gasteiger partial charge in [-0.15, -0.1) is 0 Å². The molecular weight excluding hydrogens is 427 g/mol. The Morgan fingerprint density at radius 2 is 0.943 bits per heavy atom. The number of hydrogen-bond acceptors (Lipinski definition) is 2. The highest BCUT2D eigenvalue weighted by Crippen LogP contribution is 2.42. The van der Waals surface area contributed by atoms with Crippen LogP contribution in [0.4, 0.5) is 0 Å². The predicted octanol–water partition coefficient (Wildman–Crippen LogP) is 6.75. The molecule has 0 spiro atoms. The van der Waals surface area contributed by atoms with Gasteiger partial charge in [0.05, 0.1) is 0 Å². The Morgan fingerprint density at radius 3 is 1.57 bits per heavy atom. The third kappa shape index (κ3) is 3.13. The van der Waals surface area contributed by atoms with Crippen molar-refractivity contribution in [1.29, 1.82) is 0 Å². The van der Waals surface area contributed by atoms with E-state index in [1.165, 1.54) is 54.2 Å². The summed E-state index contributed by atoms with van der Waals surface area (Å²) in [6, 6.07) is 40.4. The highest BCUT2D eigenvalue weighted by Gasteiger charge is 2.16. The number of fused-ring (bicyclic) bond motifs is 1. The number of benzene rings is 7. The van der Waals surface area contributed by atoms with Crippen LogP contribution in [0.1, 0.15) is 0 Å². The first-order chi connectivity index (χ1) is 17.2. The van der Waals surface area contributed by atoms with Crippen molar-refractivity contribution in [3.8, 4) is 22.3 Å². The zero-order valence-electron chi connectivity index (χ0n) is 18.9. The maximum atomic E-state index is 9.48. The summed E-state index contributed by atoms with van der Waals surface area (Å²) in [6.07, 6.45) is 0. The Bertz CT molecular complexity index is 1870. The van der Waals surface area contributed by atoms with Gasteiger partial charge in [-0.3, -0.25) is 0 Å². The average Bonchev–Trinajstić information content (AvgIpc) is 2.91. The van der Waals surface area contributed by atoms with E-state index in [4.69, 9.17) is 0 Å².